The van der Waals surface area contributed by atoms with Gasteiger partial charge >= 0.3 is 0 Å². The Morgan fingerprint density at radius 2 is 1.95 bits per heavy atom. The summed E-state index contributed by atoms with van der Waals surface area (Å²) in [5, 5.41) is 0. The zero-order valence-electron chi connectivity index (χ0n) is 12.9. The van der Waals surface area contributed by atoms with Gasteiger partial charge in [-0.15, -0.1) is 0 Å². The molecule has 112 valence electrons. The van der Waals surface area contributed by atoms with E-state index >= 15 is 0 Å². The molecule has 3 heteroatoms. The van der Waals surface area contributed by atoms with Gasteiger partial charge in [-0.1, -0.05) is 35.3 Å². The largest absolute Gasteiger partial charge is 0.371 e. The SMILES string of the molecule is CCC1CCC(N(C)c2cc(Br)ccc2C(C)N)CC1. The fourth-order valence-corrected chi connectivity index (χ4v) is 3.69. The average molecular weight is 339 g/mol. The predicted molar refractivity (Wildman–Crippen MR) is 91.2 cm³/mol. The van der Waals surface area contributed by atoms with Crippen molar-refractivity contribution in [2.24, 2.45) is 11.7 Å². The minimum atomic E-state index is 0.0764. The van der Waals surface area contributed by atoms with Crippen LogP contribution in [0.4, 0.5) is 5.69 Å². The molecule has 0 amide bonds. The highest BCUT2D eigenvalue weighted by Gasteiger charge is 2.24. The van der Waals surface area contributed by atoms with Crippen LogP contribution in [0.25, 0.3) is 0 Å². The Kier molecular flexibility index (Phi) is 5.50. The summed E-state index contributed by atoms with van der Waals surface area (Å²) in [6.07, 6.45) is 6.68. The lowest BCUT2D eigenvalue weighted by Gasteiger charge is -2.37. The van der Waals surface area contributed by atoms with Crippen LogP contribution in [0.2, 0.25) is 0 Å². The lowest BCUT2D eigenvalue weighted by Crippen LogP contribution is -2.36. The maximum absolute atomic E-state index is 6.13. The average Bonchev–Trinajstić information content (AvgIpc) is 2.46. The molecule has 0 aliphatic heterocycles. The van der Waals surface area contributed by atoms with Crippen LogP contribution in [-0.2, 0) is 0 Å². The van der Waals surface area contributed by atoms with E-state index in [2.05, 4.69) is 59.9 Å². The number of anilines is 1. The molecule has 2 rings (SSSR count). The van der Waals surface area contributed by atoms with Gasteiger partial charge in [0, 0.05) is 29.3 Å². The lowest BCUT2D eigenvalue weighted by atomic mass is 9.84. The van der Waals surface area contributed by atoms with Gasteiger partial charge < -0.3 is 10.6 Å². The fraction of sp³-hybridized carbons (Fsp3) is 0.647. The van der Waals surface area contributed by atoms with Crippen molar-refractivity contribution >= 4 is 21.6 Å². The lowest BCUT2D eigenvalue weighted by molar-refractivity contribution is 0.313. The summed E-state index contributed by atoms with van der Waals surface area (Å²) in [7, 11) is 2.23. The maximum atomic E-state index is 6.13. The first-order valence-electron chi connectivity index (χ1n) is 7.80. The summed E-state index contributed by atoms with van der Waals surface area (Å²) >= 11 is 3.59. The number of rotatable bonds is 4. The third-order valence-corrected chi connectivity index (χ3v) is 5.30. The smallest absolute Gasteiger partial charge is 0.0425 e. The van der Waals surface area contributed by atoms with Crippen LogP contribution in [0.15, 0.2) is 22.7 Å². The molecule has 2 N–H and O–H groups in total. The van der Waals surface area contributed by atoms with Crippen LogP contribution in [0, 0.1) is 5.92 Å². The maximum Gasteiger partial charge on any atom is 0.0425 e. The zero-order valence-corrected chi connectivity index (χ0v) is 14.5. The summed E-state index contributed by atoms with van der Waals surface area (Å²) in [5.41, 5.74) is 8.66. The van der Waals surface area contributed by atoms with Crippen LogP contribution >= 0.6 is 15.9 Å². The van der Waals surface area contributed by atoms with E-state index in [0.717, 1.165) is 10.4 Å². The van der Waals surface area contributed by atoms with E-state index < -0.39 is 0 Å². The quantitative estimate of drug-likeness (QED) is 0.848. The van der Waals surface area contributed by atoms with Gasteiger partial charge in [0.2, 0.25) is 0 Å². The molecular weight excluding hydrogens is 312 g/mol. The van der Waals surface area contributed by atoms with Crippen LogP contribution in [-0.4, -0.2) is 13.1 Å². The number of hydrogen-bond donors (Lipinski definition) is 1. The van der Waals surface area contributed by atoms with Crippen molar-refractivity contribution < 1.29 is 0 Å². The first kappa shape index (κ1) is 15.8. The van der Waals surface area contributed by atoms with E-state index in [1.807, 2.05) is 0 Å². The molecule has 0 bridgehead atoms. The standard InChI is InChI=1S/C17H27BrN2/c1-4-13-5-8-15(9-6-13)20(3)17-11-14(18)7-10-16(17)12(2)19/h7,10-13,15H,4-6,8-9,19H2,1-3H3. The van der Waals surface area contributed by atoms with Crippen molar-refractivity contribution in [3.05, 3.63) is 28.2 Å². The Labute approximate surface area is 131 Å². The van der Waals surface area contributed by atoms with Crippen molar-refractivity contribution in [2.75, 3.05) is 11.9 Å². The number of nitrogens with two attached hydrogens (primary N) is 1. The number of halogens is 1. The molecule has 1 saturated carbocycles. The van der Waals surface area contributed by atoms with Gasteiger partial charge in [0.15, 0.2) is 0 Å². The van der Waals surface area contributed by atoms with Gasteiger partial charge in [-0.05, 0) is 56.2 Å². The molecular formula is C17H27BrN2. The molecule has 1 aromatic carbocycles. The third kappa shape index (κ3) is 3.56. The van der Waals surface area contributed by atoms with Crippen LogP contribution in [0.1, 0.15) is 57.6 Å². The number of benzene rings is 1. The molecule has 0 aromatic heterocycles. The second-order valence-electron chi connectivity index (χ2n) is 6.19. The Bertz CT molecular complexity index is 437. The molecule has 2 nitrogen and oxygen atoms in total. The highest BCUT2D eigenvalue weighted by molar-refractivity contribution is 9.10. The van der Waals surface area contributed by atoms with Gasteiger partial charge in [-0.25, -0.2) is 0 Å². The normalized spacial score (nSPS) is 24.4. The van der Waals surface area contributed by atoms with Crippen LogP contribution < -0.4 is 10.6 Å². The molecule has 0 heterocycles. The molecule has 0 saturated heterocycles. The minimum Gasteiger partial charge on any atom is -0.371 e. The first-order chi connectivity index (χ1) is 9.52. The molecule has 1 aliphatic rings. The van der Waals surface area contributed by atoms with Crippen molar-refractivity contribution in [3.8, 4) is 0 Å². The van der Waals surface area contributed by atoms with Gasteiger partial charge in [-0.3, -0.25) is 0 Å². The fourth-order valence-electron chi connectivity index (χ4n) is 3.34. The molecule has 0 radical (unpaired) electrons. The molecule has 20 heavy (non-hydrogen) atoms. The molecule has 1 aromatic rings. The van der Waals surface area contributed by atoms with E-state index in [1.165, 1.54) is 43.4 Å². The van der Waals surface area contributed by atoms with Crippen LogP contribution in [0.5, 0.6) is 0 Å². The summed E-state index contributed by atoms with van der Waals surface area (Å²) in [6.45, 7) is 4.38. The second kappa shape index (κ2) is 6.95. The van der Waals surface area contributed by atoms with Crippen molar-refractivity contribution in [1.82, 2.24) is 0 Å². The zero-order chi connectivity index (χ0) is 14.7. The van der Waals surface area contributed by atoms with Gasteiger partial charge in [0.05, 0.1) is 0 Å². The van der Waals surface area contributed by atoms with Crippen molar-refractivity contribution in [1.29, 1.82) is 0 Å². The number of nitrogens with zero attached hydrogens (tertiary/aromatic N) is 1. The molecule has 0 spiro atoms. The van der Waals surface area contributed by atoms with Crippen molar-refractivity contribution in [3.63, 3.8) is 0 Å². The Hall–Kier alpha value is -0.540. The van der Waals surface area contributed by atoms with Gasteiger partial charge in [0.1, 0.15) is 0 Å². The van der Waals surface area contributed by atoms with E-state index in [9.17, 15) is 0 Å². The van der Waals surface area contributed by atoms with E-state index in [1.54, 1.807) is 0 Å². The van der Waals surface area contributed by atoms with E-state index in [0.29, 0.717) is 6.04 Å². The predicted octanol–water partition coefficient (Wildman–Crippen LogP) is 4.87. The Morgan fingerprint density at radius 1 is 1.30 bits per heavy atom. The van der Waals surface area contributed by atoms with E-state index in [-0.39, 0.29) is 6.04 Å². The highest BCUT2D eigenvalue weighted by atomic mass is 79.9. The monoisotopic (exact) mass is 338 g/mol. The summed E-state index contributed by atoms with van der Waals surface area (Å²) in [5.74, 6) is 0.940. The summed E-state index contributed by atoms with van der Waals surface area (Å²) in [4.78, 5) is 2.45. The van der Waals surface area contributed by atoms with Crippen LogP contribution in [0.3, 0.4) is 0 Å². The van der Waals surface area contributed by atoms with Gasteiger partial charge in [-0.2, -0.15) is 0 Å². The third-order valence-electron chi connectivity index (χ3n) is 4.80. The summed E-state index contributed by atoms with van der Waals surface area (Å²) < 4.78 is 1.13. The Balaban J connectivity index is 2.16. The summed E-state index contributed by atoms with van der Waals surface area (Å²) in [6, 6.07) is 7.18. The second-order valence-corrected chi connectivity index (χ2v) is 7.10. The number of hydrogen-bond acceptors (Lipinski definition) is 2. The highest BCUT2D eigenvalue weighted by Crippen LogP contribution is 2.35. The molecule has 1 atom stereocenters. The Morgan fingerprint density at radius 3 is 2.50 bits per heavy atom. The first-order valence-corrected chi connectivity index (χ1v) is 8.60. The van der Waals surface area contributed by atoms with Crippen molar-refractivity contribution in [2.45, 2.75) is 58.0 Å². The van der Waals surface area contributed by atoms with E-state index in [4.69, 9.17) is 5.73 Å². The molecule has 1 unspecified atom stereocenters. The molecule has 1 aliphatic carbocycles. The van der Waals surface area contributed by atoms with Gasteiger partial charge in [0.25, 0.3) is 0 Å². The molecule has 1 fully saturated rings. The topological polar surface area (TPSA) is 29.3 Å². The minimum absolute atomic E-state index is 0.0764.